The number of carbonyl (C=O) groups is 1. The van der Waals surface area contributed by atoms with E-state index in [-0.39, 0.29) is 17.4 Å². The van der Waals surface area contributed by atoms with Crippen molar-refractivity contribution in [3.05, 3.63) is 81.8 Å². The van der Waals surface area contributed by atoms with E-state index in [1.54, 1.807) is 12.1 Å². The zero-order valence-corrected chi connectivity index (χ0v) is 21.2. The average Bonchev–Trinajstić information content (AvgIpc) is 2.80. The lowest BCUT2D eigenvalue weighted by atomic mass is 10.0. The summed E-state index contributed by atoms with van der Waals surface area (Å²) in [5, 5.41) is 2.95. The molecule has 0 aliphatic carbocycles. The zero-order valence-electron chi connectivity index (χ0n) is 18.8. The summed E-state index contributed by atoms with van der Waals surface area (Å²) in [5.74, 6) is 0.126. The monoisotopic (exact) mass is 530 g/mol. The van der Waals surface area contributed by atoms with Gasteiger partial charge in [-0.05, 0) is 79.4 Å². The Kier molecular flexibility index (Phi) is 8.15. The predicted octanol–water partition coefficient (Wildman–Crippen LogP) is 5.70. The Morgan fingerprint density at radius 3 is 2.06 bits per heavy atom. The molecule has 174 valence electrons. The Balaban J connectivity index is 1.63. The molecule has 0 radical (unpaired) electrons. The number of carbonyl (C=O) groups excluding carboxylic acids is 1. The molecule has 0 aliphatic rings. The second kappa shape index (κ2) is 10.9. The minimum atomic E-state index is -3.72. The van der Waals surface area contributed by atoms with Gasteiger partial charge in [-0.3, -0.25) is 9.52 Å². The lowest BCUT2D eigenvalue weighted by Crippen LogP contribution is -2.22. The van der Waals surface area contributed by atoms with Crippen LogP contribution in [-0.2, 0) is 27.7 Å². The van der Waals surface area contributed by atoms with E-state index < -0.39 is 10.0 Å². The first-order chi connectivity index (χ1) is 15.7. The highest BCUT2D eigenvalue weighted by Crippen LogP contribution is 2.27. The SMILES string of the molecule is CCc1cc(Br)cc(CC)c1NC(=O)COc1ccc(S(=O)(=O)Nc2ccc(C)cc2)cc1. The standard InChI is InChI=1S/C25H27BrN2O4S/c1-4-18-14-20(26)15-19(5-2)25(18)27-24(29)16-32-22-10-12-23(13-11-22)33(30,31)28-21-8-6-17(3)7-9-21/h6-15,28H,4-5,16H2,1-3H3,(H,27,29). The molecule has 3 aromatic rings. The van der Waals surface area contributed by atoms with Gasteiger partial charge < -0.3 is 10.1 Å². The minimum Gasteiger partial charge on any atom is -0.484 e. The van der Waals surface area contributed by atoms with Crippen LogP contribution in [0.15, 0.2) is 70.0 Å². The van der Waals surface area contributed by atoms with Crippen LogP contribution >= 0.6 is 15.9 Å². The number of benzene rings is 3. The lowest BCUT2D eigenvalue weighted by molar-refractivity contribution is -0.118. The predicted molar refractivity (Wildman–Crippen MR) is 135 cm³/mol. The van der Waals surface area contributed by atoms with Gasteiger partial charge in [-0.25, -0.2) is 8.42 Å². The van der Waals surface area contributed by atoms with E-state index >= 15 is 0 Å². The zero-order chi connectivity index (χ0) is 24.0. The number of sulfonamides is 1. The molecule has 8 heteroatoms. The largest absolute Gasteiger partial charge is 0.484 e. The van der Waals surface area contributed by atoms with Gasteiger partial charge in [0.2, 0.25) is 0 Å². The molecule has 0 unspecified atom stereocenters. The van der Waals surface area contributed by atoms with Gasteiger partial charge in [0.1, 0.15) is 5.75 Å². The molecule has 6 nitrogen and oxygen atoms in total. The van der Waals surface area contributed by atoms with E-state index in [2.05, 4.69) is 26.0 Å². The Bertz CT molecular complexity index is 1200. The molecule has 3 aromatic carbocycles. The van der Waals surface area contributed by atoms with Crippen LogP contribution in [-0.4, -0.2) is 20.9 Å². The highest BCUT2D eigenvalue weighted by molar-refractivity contribution is 9.10. The molecule has 2 N–H and O–H groups in total. The molecule has 0 saturated carbocycles. The molecule has 3 rings (SSSR count). The van der Waals surface area contributed by atoms with Crippen molar-refractivity contribution in [2.75, 3.05) is 16.6 Å². The summed E-state index contributed by atoms with van der Waals surface area (Å²) < 4.78 is 34.3. The number of hydrogen-bond donors (Lipinski definition) is 2. The van der Waals surface area contributed by atoms with E-state index in [9.17, 15) is 13.2 Å². The molecule has 0 spiro atoms. The van der Waals surface area contributed by atoms with Crippen LogP contribution < -0.4 is 14.8 Å². The molecule has 0 atom stereocenters. The fraction of sp³-hybridized carbons (Fsp3) is 0.240. The number of aryl methyl sites for hydroxylation is 3. The Hall–Kier alpha value is -2.84. The first kappa shape index (κ1) is 24.8. The number of ether oxygens (including phenoxy) is 1. The van der Waals surface area contributed by atoms with Crippen LogP contribution in [0, 0.1) is 6.92 Å². The highest BCUT2D eigenvalue weighted by atomic mass is 79.9. The maximum atomic E-state index is 12.6. The molecule has 0 aliphatic heterocycles. The Morgan fingerprint density at radius 2 is 1.52 bits per heavy atom. The van der Waals surface area contributed by atoms with Crippen molar-refractivity contribution in [3.63, 3.8) is 0 Å². The fourth-order valence-corrected chi connectivity index (χ4v) is 4.93. The molecule has 0 heterocycles. The summed E-state index contributed by atoms with van der Waals surface area (Å²) in [7, 11) is -3.72. The van der Waals surface area contributed by atoms with Gasteiger partial charge >= 0.3 is 0 Å². The van der Waals surface area contributed by atoms with E-state index in [1.807, 2.05) is 45.0 Å². The third-order valence-corrected chi connectivity index (χ3v) is 6.96. The van der Waals surface area contributed by atoms with Gasteiger partial charge in [0, 0.05) is 15.8 Å². The van der Waals surface area contributed by atoms with Crippen LogP contribution in [0.1, 0.15) is 30.5 Å². The van der Waals surface area contributed by atoms with Gasteiger partial charge in [-0.1, -0.05) is 47.5 Å². The molecule has 0 fully saturated rings. The van der Waals surface area contributed by atoms with Crippen molar-refractivity contribution in [2.24, 2.45) is 0 Å². The molecule has 0 bridgehead atoms. The summed E-state index contributed by atoms with van der Waals surface area (Å²) >= 11 is 3.51. The molecular weight excluding hydrogens is 504 g/mol. The first-order valence-electron chi connectivity index (χ1n) is 10.6. The Morgan fingerprint density at radius 1 is 0.939 bits per heavy atom. The van der Waals surface area contributed by atoms with E-state index in [0.29, 0.717) is 11.4 Å². The number of nitrogens with one attached hydrogen (secondary N) is 2. The second-order valence-corrected chi connectivity index (χ2v) is 10.2. The molecule has 1 amide bonds. The summed E-state index contributed by atoms with van der Waals surface area (Å²) in [4.78, 5) is 12.6. The summed E-state index contributed by atoms with van der Waals surface area (Å²) in [5.41, 5.74) is 4.44. The van der Waals surface area contributed by atoms with Crippen molar-refractivity contribution in [1.82, 2.24) is 0 Å². The van der Waals surface area contributed by atoms with Gasteiger partial charge in [-0.2, -0.15) is 0 Å². The molecule has 0 aromatic heterocycles. The van der Waals surface area contributed by atoms with Crippen molar-refractivity contribution in [2.45, 2.75) is 38.5 Å². The van der Waals surface area contributed by atoms with Gasteiger partial charge in [0.25, 0.3) is 15.9 Å². The van der Waals surface area contributed by atoms with Crippen LogP contribution in [0.4, 0.5) is 11.4 Å². The van der Waals surface area contributed by atoms with E-state index in [1.165, 1.54) is 24.3 Å². The smallest absolute Gasteiger partial charge is 0.262 e. The van der Waals surface area contributed by atoms with Gasteiger partial charge in [0.05, 0.1) is 4.90 Å². The van der Waals surface area contributed by atoms with Crippen LogP contribution in [0.3, 0.4) is 0 Å². The summed E-state index contributed by atoms with van der Waals surface area (Å²) in [6, 6.07) is 17.1. The Labute approximate surface area is 203 Å². The maximum absolute atomic E-state index is 12.6. The van der Waals surface area contributed by atoms with E-state index in [4.69, 9.17) is 4.74 Å². The third kappa shape index (κ3) is 6.58. The van der Waals surface area contributed by atoms with Crippen LogP contribution in [0.5, 0.6) is 5.75 Å². The number of anilines is 2. The van der Waals surface area contributed by atoms with Crippen molar-refractivity contribution < 1.29 is 17.9 Å². The highest BCUT2D eigenvalue weighted by Gasteiger charge is 2.15. The number of halogens is 1. The van der Waals surface area contributed by atoms with Crippen molar-refractivity contribution >= 4 is 43.2 Å². The van der Waals surface area contributed by atoms with Crippen LogP contribution in [0.2, 0.25) is 0 Å². The number of rotatable bonds is 9. The lowest BCUT2D eigenvalue weighted by Gasteiger charge is -2.16. The van der Waals surface area contributed by atoms with Gasteiger partial charge in [0.15, 0.2) is 6.61 Å². The van der Waals surface area contributed by atoms with E-state index in [0.717, 1.165) is 39.7 Å². The third-order valence-electron chi connectivity index (χ3n) is 5.10. The summed E-state index contributed by atoms with van der Waals surface area (Å²) in [6.45, 7) is 5.82. The quantitative estimate of drug-likeness (QED) is 0.371. The second-order valence-electron chi connectivity index (χ2n) is 7.59. The normalized spacial score (nSPS) is 11.2. The number of hydrogen-bond acceptors (Lipinski definition) is 4. The fourth-order valence-electron chi connectivity index (χ4n) is 3.32. The maximum Gasteiger partial charge on any atom is 0.262 e. The summed E-state index contributed by atoms with van der Waals surface area (Å²) in [6.07, 6.45) is 1.57. The molecular formula is C25H27BrN2O4S. The topological polar surface area (TPSA) is 84.5 Å². The van der Waals surface area contributed by atoms with Crippen molar-refractivity contribution in [1.29, 1.82) is 0 Å². The number of amides is 1. The van der Waals surface area contributed by atoms with Crippen LogP contribution in [0.25, 0.3) is 0 Å². The van der Waals surface area contributed by atoms with Crippen molar-refractivity contribution in [3.8, 4) is 5.75 Å². The first-order valence-corrected chi connectivity index (χ1v) is 12.9. The minimum absolute atomic E-state index is 0.106. The van der Waals surface area contributed by atoms with Gasteiger partial charge in [-0.15, -0.1) is 0 Å². The molecule has 33 heavy (non-hydrogen) atoms. The molecule has 0 saturated heterocycles. The average molecular weight is 531 g/mol.